The molecule has 1 aliphatic carbocycles. The van der Waals surface area contributed by atoms with E-state index in [4.69, 9.17) is 0 Å². The van der Waals surface area contributed by atoms with E-state index in [0.29, 0.717) is 12.8 Å². The number of halogens is 2. The van der Waals surface area contributed by atoms with Gasteiger partial charge in [0.05, 0.1) is 0 Å². The summed E-state index contributed by atoms with van der Waals surface area (Å²) in [6, 6.07) is 4.01. The highest BCUT2D eigenvalue weighted by atomic mass is 19.2. The largest absolute Gasteiger partial charge is 0.300 e. The van der Waals surface area contributed by atoms with E-state index in [0.717, 1.165) is 24.5 Å². The van der Waals surface area contributed by atoms with Gasteiger partial charge in [-0.15, -0.1) is 0 Å². The first-order valence-corrected chi connectivity index (χ1v) is 5.13. The molecule has 0 N–H and O–H groups in total. The molecule has 0 atom stereocenters. The van der Waals surface area contributed by atoms with E-state index in [2.05, 4.69) is 0 Å². The smallest absolute Gasteiger partial charge is 0.159 e. The minimum atomic E-state index is -0.814. The number of benzene rings is 1. The molecule has 2 rings (SSSR count). The van der Waals surface area contributed by atoms with Gasteiger partial charge in [-0.1, -0.05) is 6.07 Å². The van der Waals surface area contributed by atoms with Crippen LogP contribution in [0, 0.1) is 11.6 Å². The molecular weight excluding hydrogens is 198 g/mol. The molecule has 0 unspecified atom stereocenters. The molecule has 15 heavy (non-hydrogen) atoms. The Kier molecular flexibility index (Phi) is 2.80. The number of ketones is 1. The van der Waals surface area contributed by atoms with E-state index in [1.54, 1.807) is 6.07 Å². The summed E-state index contributed by atoms with van der Waals surface area (Å²) >= 11 is 0. The molecule has 80 valence electrons. The minimum absolute atomic E-state index is 0.206. The lowest BCUT2D eigenvalue weighted by Crippen LogP contribution is -2.12. The van der Waals surface area contributed by atoms with E-state index in [-0.39, 0.29) is 11.7 Å². The van der Waals surface area contributed by atoms with Crippen molar-refractivity contribution in [1.82, 2.24) is 0 Å². The van der Waals surface area contributed by atoms with Crippen LogP contribution in [0.25, 0.3) is 0 Å². The van der Waals surface area contributed by atoms with Gasteiger partial charge in [-0.25, -0.2) is 8.78 Å². The van der Waals surface area contributed by atoms with Crippen molar-refractivity contribution in [2.24, 2.45) is 0 Å². The highest BCUT2D eigenvalue weighted by Gasteiger charge is 2.20. The zero-order chi connectivity index (χ0) is 10.8. The maximum atomic E-state index is 13.0. The van der Waals surface area contributed by atoms with Crippen molar-refractivity contribution in [1.29, 1.82) is 0 Å². The third-order valence-electron chi connectivity index (χ3n) is 2.96. The second kappa shape index (κ2) is 4.09. The fourth-order valence-electron chi connectivity index (χ4n) is 2.04. The Hall–Kier alpha value is -1.25. The van der Waals surface area contributed by atoms with Gasteiger partial charge in [0.1, 0.15) is 5.78 Å². The Morgan fingerprint density at radius 2 is 1.73 bits per heavy atom. The summed E-state index contributed by atoms with van der Waals surface area (Å²) in [6.45, 7) is 0. The first-order chi connectivity index (χ1) is 7.16. The monoisotopic (exact) mass is 210 g/mol. The molecule has 1 aliphatic rings. The molecular formula is C12H12F2O. The average molecular weight is 210 g/mol. The van der Waals surface area contributed by atoms with Crippen LogP contribution in [-0.2, 0) is 4.79 Å². The Balaban J connectivity index is 2.16. The van der Waals surface area contributed by atoms with Gasteiger partial charge < -0.3 is 0 Å². The normalized spacial score (nSPS) is 18.1. The predicted octanol–water partition coefficient (Wildman–Crippen LogP) is 3.19. The van der Waals surface area contributed by atoms with Gasteiger partial charge in [-0.05, 0) is 36.5 Å². The van der Waals surface area contributed by atoms with Crippen molar-refractivity contribution in [3.8, 4) is 0 Å². The molecule has 0 saturated heterocycles. The van der Waals surface area contributed by atoms with E-state index in [9.17, 15) is 13.6 Å². The highest BCUT2D eigenvalue weighted by Crippen LogP contribution is 2.31. The summed E-state index contributed by atoms with van der Waals surface area (Å²) in [5, 5.41) is 0. The van der Waals surface area contributed by atoms with Gasteiger partial charge in [-0.2, -0.15) is 0 Å². The molecule has 0 heterocycles. The summed E-state index contributed by atoms with van der Waals surface area (Å²) in [5.41, 5.74) is 0.807. The molecule has 1 aromatic rings. The average Bonchev–Trinajstić information content (AvgIpc) is 2.23. The Morgan fingerprint density at radius 1 is 1.07 bits per heavy atom. The van der Waals surface area contributed by atoms with Gasteiger partial charge >= 0.3 is 0 Å². The van der Waals surface area contributed by atoms with Crippen LogP contribution in [0.2, 0.25) is 0 Å². The van der Waals surface area contributed by atoms with Crippen molar-refractivity contribution in [2.45, 2.75) is 31.6 Å². The van der Waals surface area contributed by atoms with Crippen LogP contribution in [0.5, 0.6) is 0 Å². The molecule has 3 heteroatoms. The van der Waals surface area contributed by atoms with Crippen LogP contribution >= 0.6 is 0 Å². The van der Waals surface area contributed by atoms with E-state index >= 15 is 0 Å². The quantitative estimate of drug-likeness (QED) is 0.695. The van der Waals surface area contributed by atoms with Gasteiger partial charge in [-0.3, -0.25) is 4.79 Å². The molecule has 0 spiro atoms. The maximum absolute atomic E-state index is 13.0. The zero-order valence-electron chi connectivity index (χ0n) is 8.30. The lowest BCUT2D eigenvalue weighted by Gasteiger charge is -2.21. The van der Waals surface area contributed by atoms with Crippen LogP contribution in [0.15, 0.2) is 18.2 Å². The van der Waals surface area contributed by atoms with Crippen LogP contribution in [0.4, 0.5) is 8.78 Å². The third-order valence-corrected chi connectivity index (χ3v) is 2.96. The summed E-state index contributed by atoms with van der Waals surface area (Å²) in [5.74, 6) is -1.14. The molecule has 0 aliphatic heterocycles. The molecule has 1 aromatic carbocycles. The molecule has 0 aromatic heterocycles. The van der Waals surface area contributed by atoms with Crippen molar-refractivity contribution in [3.63, 3.8) is 0 Å². The van der Waals surface area contributed by atoms with Gasteiger partial charge in [0.15, 0.2) is 11.6 Å². The molecule has 0 amide bonds. The Morgan fingerprint density at radius 3 is 2.33 bits per heavy atom. The van der Waals surface area contributed by atoms with E-state index in [1.807, 2.05) is 0 Å². The second-order valence-corrected chi connectivity index (χ2v) is 3.99. The molecule has 0 bridgehead atoms. The van der Waals surface area contributed by atoms with Crippen LogP contribution in [0.3, 0.4) is 0 Å². The van der Waals surface area contributed by atoms with Crippen LogP contribution < -0.4 is 0 Å². The first-order valence-electron chi connectivity index (χ1n) is 5.13. The Labute approximate surface area is 87.1 Å². The fourth-order valence-corrected chi connectivity index (χ4v) is 2.04. The number of hydrogen-bond donors (Lipinski definition) is 0. The number of rotatable bonds is 1. The molecule has 1 fully saturated rings. The number of hydrogen-bond acceptors (Lipinski definition) is 1. The van der Waals surface area contributed by atoms with Crippen molar-refractivity contribution in [3.05, 3.63) is 35.4 Å². The lowest BCUT2D eigenvalue weighted by molar-refractivity contribution is -0.120. The molecule has 1 nitrogen and oxygen atoms in total. The van der Waals surface area contributed by atoms with Crippen molar-refractivity contribution in [2.75, 3.05) is 0 Å². The maximum Gasteiger partial charge on any atom is 0.159 e. The van der Waals surface area contributed by atoms with Crippen LogP contribution in [0.1, 0.15) is 37.2 Å². The topological polar surface area (TPSA) is 17.1 Å². The Bertz CT molecular complexity index is 377. The standard InChI is InChI=1S/C12H12F2O/c13-11-6-3-9(7-12(11)14)8-1-4-10(15)5-2-8/h3,6-8H,1-2,4-5H2. The summed E-state index contributed by atoms with van der Waals surface area (Å²) in [7, 11) is 0. The number of Topliss-reactive ketones (excluding diaryl/α,β-unsaturated/α-hetero) is 1. The third kappa shape index (κ3) is 2.22. The summed E-state index contributed by atoms with van der Waals surface area (Å²) in [6.07, 6.45) is 2.63. The fraction of sp³-hybridized carbons (Fsp3) is 0.417. The van der Waals surface area contributed by atoms with E-state index in [1.165, 1.54) is 6.07 Å². The SMILES string of the molecule is O=C1CCC(c2ccc(F)c(F)c2)CC1. The second-order valence-electron chi connectivity index (χ2n) is 3.99. The van der Waals surface area contributed by atoms with Gasteiger partial charge in [0.2, 0.25) is 0 Å². The van der Waals surface area contributed by atoms with Crippen LogP contribution in [-0.4, -0.2) is 5.78 Å². The summed E-state index contributed by atoms with van der Waals surface area (Å²) < 4.78 is 25.7. The van der Waals surface area contributed by atoms with Crippen molar-refractivity contribution < 1.29 is 13.6 Å². The lowest BCUT2D eigenvalue weighted by atomic mass is 9.83. The minimum Gasteiger partial charge on any atom is -0.300 e. The highest BCUT2D eigenvalue weighted by molar-refractivity contribution is 5.79. The first kappa shape index (κ1) is 10.3. The molecule has 1 saturated carbocycles. The number of carbonyl (C=O) groups is 1. The number of carbonyl (C=O) groups excluding carboxylic acids is 1. The van der Waals surface area contributed by atoms with E-state index < -0.39 is 11.6 Å². The van der Waals surface area contributed by atoms with Gasteiger partial charge in [0.25, 0.3) is 0 Å². The molecule has 0 radical (unpaired) electrons. The van der Waals surface area contributed by atoms with Gasteiger partial charge in [0, 0.05) is 12.8 Å². The predicted molar refractivity (Wildman–Crippen MR) is 52.6 cm³/mol. The zero-order valence-corrected chi connectivity index (χ0v) is 8.30. The van der Waals surface area contributed by atoms with Crippen molar-refractivity contribution >= 4 is 5.78 Å². The summed E-state index contributed by atoms with van der Waals surface area (Å²) in [4.78, 5) is 11.0.